The van der Waals surface area contributed by atoms with Crippen molar-refractivity contribution >= 4 is 11.7 Å². The van der Waals surface area contributed by atoms with Gasteiger partial charge in [0.2, 0.25) is 5.91 Å². The molecule has 1 aromatic rings. The van der Waals surface area contributed by atoms with E-state index in [0.29, 0.717) is 18.4 Å². The molecular weight excluding hydrogens is 238 g/mol. The summed E-state index contributed by atoms with van der Waals surface area (Å²) in [5.74, 6) is 1.95. The van der Waals surface area contributed by atoms with E-state index in [9.17, 15) is 4.79 Å². The third kappa shape index (κ3) is 1.90. The van der Waals surface area contributed by atoms with Gasteiger partial charge in [-0.3, -0.25) is 4.79 Å². The topological polar surface area (TPSA) is 36.4 Å². The van der Waals surface area contributed by atoms with Gasteiger partial charge < -0.3 is 9.80 Å². The first kappa shape index (κ1) is 12.5. The third-order valence-electron chi connectivity index (χ3n) is 4.47. The van der Waals surface area contributed by atoms with E-state index in [0.717, 1.165) is 31.9 Å². The van der Waals surface area contributed by atoms with E-state index in [1.54, 1.807) is 0 Å². The highest BCUT2D eigenvalue weighted by atomic mass is 16.2. The SMILES string of the molecule is CCC(=O)N1CCC2c3cccnc3N(CC)C2C1. The Bertz CT molecular complexity index is 463. The smallest absolute Gasteiger partial charge is 0.222 e. The predicted octanol–water partition coefficient (Wildman–Crippen LogP) is 2.02. The predicted molar refractivity (Wildman–Crippen MR) is 75.3 cm³/mol. The summed E-state index contributed by atoms with van der Waals surface area (Å²) in [6, 6.07) is 4.64. The first-order chi connectivity index (χ1) is 9.26. The summed E-state index contributed by atoms with van der Waals surface area (Å²) in [4.78, 5) is 20.9. The molecule has 2 aliphatic rings. The van der Waals surface area contributed by atoms with E-state index in [1.165, 1.54) is 5.56 Å². The number of fused-ring (bicyclic) bond motifs is 3. The molecule has 0 N–H and O–H groups in total. The van der Waals surface area contributed by atoms with Crippen LogP contribution in [0.25, 0.3) is 0 Å². The molecular formula is C15H21N3O. The Balaban J connectivity index is 1.89. The summed E-state index contributed by atoms with van der Waals surface area (Å²) in [5, 5.41) is 0. The van der Waals surface area contributed by atoms with Gasteiger partial charge in [-0.05, 0) is 25.0 Å². The van der Waals surface area contributed by atoms with E-state index in [4.69, 9.17) is 0 Å². The summed E-state index contributed by atoms with van der Waals surface area (Å²) in [5.41, 5.74) is 1.37. The number of carbonyl (C=O) groups excluding carboxylic acids is 1. The zero-order valence-electron chi connectivity index (χ0n) is 11.7. The maximum Gasteiger partial charge on any atom is 0.222 e. The van der Waals surface area contributed by atoms with Crippen molar-refractivity contribution in [3.8, 4) is 0 Å². The zero-order chi connectivity index (χ0) is 13.4. The maximum absolute atomic E-state index is 11.9. The second-order valence-electron chi connectivity index (χ2n) is 5.36. The number of anilines is 1. The molecule has 19 heavy (non-hydrogen) atoms. The Labute approximate surface area is 114 Å². The Morgan fingerprint density at radius 2 is 2.32 bits per heavy atom. The van der Waals surface area contributed by atoms with Gasteiger partial charge in [0, 0.05) is 38.2 Å². The van der Waals surface area contributed by atoms with Crippen molar-refractivity contribution < 1.29 is 4.79 Å². The molecule has 1 aromatic heterocycles. The van der Waals surface area contributed by atoms with E-state index in [2.05, 4.69) is 22.9 Å². The fourth-order valence-electron chi connectivity index (χ4n) is 3.54. The van der Waals surface area contributed by atoms with Gasteiger partial charge in [0.05, 0.1) is 6.04 Å². The second-order valence-corrected chi connectivity index (χ2v) is 5.36. The first-order valence-electron chi connectivity index (χ1n) is 7.25. The van der Waals surface area contributed by atoms with Crippen molar-refractivity contribution in [3.63, 3.8) is 0 Å². The Morgan fingerprint density at radius 1 is 1.47 bits per heavy atom. The van der Waals surface area contributed by atoms with Crippen molar-refractivity contribution in [2.45, 2.75) is 38.6 Å². The molecule has 0 radical (unpaired) electrons. The standard InChI is InChI=1S/C15H21N3O/c1-3-14(19)17-9-7-11-12-6-5-8-16-15(12)18(4-2)13(11)10-17/h5-6,8,11,13H,3-4,7,9-10H2,1-2H3. The first-order valence-corrected chi connectivity index (χ1v) is 7.25. The van der Waals surface area contributed by atoms with Gasteiger partial charge in [-0.15, -0.1) is 0 Å². The molecule has 3 rings (SSSR count). The van der Waals surface area contributed by atoms with Crippen LogP contribution in [0.3, 0.4) is 0 Å². The van der Waals surface area contributed by atoms with Crippen LogP contribution in [0.15, 0.2) is 18.3 Å². The minimum atomic E-state index is 0.276. The Hall–Kier alpha value is -1.58. The van der Waals surface area contributed by atoms with Crippen LogP contribution < -0.4 is 4.90 Å². The molecule has 0 aromatic carbocycles. The highest BCUT2D eigenvalue weighted by Crippen LogP contribution is 2.43. The zero-order valence-corrected chi connectivity index (χ0v) is 11.7. The molecule has 0 saturated carbocycles. The Morgan fingerprint density at radius 3 is 3.05 bits per heavy atom. The van der Waals surface area contributed by atoms with Gasteiger partial charge in [-0.1, -0.05) is 13.0 Å². The van der Waals surface area contributed by atoms with E-state index in [1.807, 2.05) is 24.1 Å². The summed E-state index contributed by atoms with van der Waals surface area (Å²) in [6.07, 6.45) is 3.54. The van der Waals surface area contributed by atoms with Crippen molar-refractivity contribution in [2.75, 3.05) is 24.5 Å². The van der Waals surface area contributed by atoms with Gasteiger partial charge in [-0.25, -0.2) is 4.98 Å². The lowest BCUT2D eigenvalue weighted by Gasteiger charge is -2.38. The number of nitrogens with zero attached hydrogens (tertiary/aromatic N) is 3. The van der Waals surface area contributed by atoms with Crippen LogP contribution in [0.4, 0.5) is 5.82 Å². The van der Waals surface area contributed by atoms with E-state index in [-0.39, 0.29) is 5.91 Å². The monoisotopic (exact) mass is 259 g/mol. The molecule has 3 heterocycles. The average molecular weight is 259 g/mol. The molecule has 1 saturated heterocycles. The van der Waals surface area contributed by atoms with Crippen LogP contribution >= 0.6 is 0 Å². The van der Waals surface area contributed by atoms with Gasteiger partial charge in [0.1, 0.15) is 5.82 Å². The molecule has 4 heteroatoms. The highest BCUT2D eigenvalue weighted by Gasteiger charge is 2.42. The van der Waals surface area contributed by atoms with Gasteiger partial charge in [0.25, 0.3) is 0 Å². The van der Waals surface area contributed by atoms with Crippen LogP contribution in [-0.4, -0.2) is 41.5 Å². The molecule has 0 bridgehead atoms. The lowest BCUT2D eigenvalue weighted by molar-refractivity contribution is -0.132. The fourth-order valence-corrected chi connectivity index (χ4v) is 3.54. The number of hydrogen-bond donors (Lipinski definition) is 0. The maximum atomic E-state index is 11.9. The highest BCUT2D eigenvalue weighted by molar-refractivity contribution is 5.76. The number of aromatic nitrogens is 1. The van der Waals surface area contributed by atoms with E-state index < -0.39 is 0 Å². The molecule has 102 valence electrons. The molecule has 0 aliphatic carbocycles. The van der Waals surface area contributed by atoms with Crippen LogP contribution in [0.5, 0.6) is 0 Å². The summed E-state index contributed by atoms with van der Waals surface area (Å²) >= 11 is 0. The molecule has 1 fully saturated rings. The molecule has 2 atom stereocenters. The molecule has 2 unspecified atom stereocenters. The summed E-state index contributed by atoms with van der Waals surface area (Å²) in [6.45, 7) is 6.80. The van der Waals surface area contributed by atoms with Crippen LogP contribution in [0.2, 0.25) is 0 Å². The minimum Gasteiger partial charge on any atom is -0.351 e. The lowest BCUT2D eigenvalue weighted by Crippen LogP contribution is -2.50. The fraction of sp³-hybridized carbons (Fsp3) is 0.600. The molecule has 1 amide bonds. The number of piperidine rings is 1. The Kier molecular flexibility index (Phi) is 3.17. The van der Waals surface area contributed by atoms with Crippen molar-refractivity contribution in [1.82, 2.24) is 9.88 Å². The summed E-state index contributed by atoms with van der Waals surface area (Å²) < 4.78 is 0. The third-order valence-corrected chi connectivity index (χ3v) is 4.47. The van der Waals surface area contributed by atoms with Gasteiger partial charge in [-0.2, -0.15) is 0 Å². The number of hydrogen-bond acceptors (Lipinski definition) is 3. The van der Waals surface area contributed by atoms with Gasteiger partial charge in [0.15, 0.2) is 0 Å². The normalized spacial score (nSPS) is 25.2. The quantitative estimate of drug-likeness (QED) is 0.815. The van der Waals surface area contributed by atoms with Crippen molar-refractivity contribution in [3.05, 3.63) is 23.9 Å². The van der Waals surface area contributed by atoms with Crippen molar-refractivity contribution in [1.29, 1.82) is 0 Å². The van der Waals surface area contributed by atoms with Crippen LogP contribution in [-0.2, 0) is 4.79 Å². The van der Waals surface area contributed by atoms with Gasteiger partial charge >= 0.3 is 0 Å². The van der Waals surface area contributed by atoms with Crippen LogP contribution in [0.1, 0.15) is 38.2 Å². The number of amides is 1. The molecule has 0 spiro atoms. The largest absolute Gasteiger partial charge is 0.351 e. The number of rotatable bonds is 2. The second kappa shape index (κ2) is 4.83. The van der Waals surface area contributed by atoms with E-state index >= 15 is 0 Å². The van der Waals surface area contributed by atoms with Crippen molar-refractivity contribution in [2.24, 2.45) is 0 Å². The number of likely N-dealkylation sites (tertiary alicyclic amines) is 1. The minimum absolute atomic E-state index is 0.276. The lowest BCUT2D eigenvalue weighted by atomic mass is 9.88. The number of likely N-dealkylation sites (N-methyl/N-ethyl adjacent to an activating group) is 1. The number of pyridine rings is 1. The number of carbonyl (C=O) groups is 1. The van der Waals surface area contributed by atoms with Crippen LogP contribution in [0, 0.1) is 0 Å². The molecule has 2 aliphatic heterocycles. The summed E-state index contributed by atoms with van der Waals surface area (Å²) in [7, 11) is 0. The molecule has 4 nitrogen and oxygen atoms in total. The average Bonchev–Trinajstić information content (AvgIpc) is 2.79.